The summed E-state index contributed by atoms with van der Waals surface area (Å²) >= 11 is 0. The van der Waals surface area contributed by atoms with Gasteiger partial charge in [0.1, 0.15) is 17.4 Å². The number of hydrogen-bond donors (Lipinski definition) is 2. The Morgan fingerprint density at radius 1 is 1.25 bits per heavy atom. The lowest BCUT2D eigenvalue weighted by Gasteiger charge is -2.11. The van der Waals surface area contributed by atoms with E-state index in [4.69, 9.17) is 10.5 Å². The number of ether oxygens (including phenoxy) is 1. The minimum absolute atomic E-state index is 0.126. The van der Waals surface area contributed by atoms with Gasteiger partial charge in [0.25, 0.3) is 5.91 Å². The Labute approximate surface area is 114 Å². The van der Waals surface area contributed by atoms with Gasteiger partial charge < -0.3 is 15.8 Å². The van der Waals surface area contributed by atoms with Crippen LogP contribution in [0.3, 0.4) is 0 Å². The highest BCUT2D eigenvalue weighted by atomic mass is 19.1. The van der Waals surface area contributed by atoms with Crippen LogP contribution in [0.1, 0.15) is 10.4 Å². The van der Waals surface area contributed by atoms with Crippen molar-refractivity contribution >= 4 is 17.3 Å². The molecule has 4 nitrogen and oxygen atoms in total. The van der Waals surface area contributed by atoms with Crippen LogP contribution < -0.4 is 15.8 Å². The molecule has 0 heterocycles. The molecule has 0 aromatic heterocycles. The van der Waals surface area contributed by atoms with Crippen LogP contribution in [0.25, 0.3) is 0 Å². The largest absolute Gasteiger partial charge is 0.495 e. The van der Waals surface area contributed by atoms with Crippen LogP contribution in [0.2, 0.25) is 0 Å². The van der Waals surface area contributed by atoms with Crippen molar-refractivity contribution in [3.8, 4) is 5.75 Å². The average molecular weight is 278 g/mol. The molecule has 0 bridgehead atoms. The van der Waals surface area contributed by atoms with Crippen molar-refractivity contribution in [1.82, 2.24) is 0 Å². The standard InChI is InChI=1S/C14H12F2N2O2/c1-20-12-4-2-3-9(13(12)17)14(19)18-11-6-5-8(15)7-10(11)16/h2-7H,17H2,1H3,(H,18,19). The molecule has 0 atom stereocenters. The van der Waals surface area contributed by atoms with E-state index in [0.717, 1.165) is 12.1 Å². The minimum Gasteiger partial charge on any atom is -0.495 e. The summed E-state index contributed by atoms with van der Waals surface area (Å²) in [5, 5.41) is 2.33. The van der Waals surface area contributed by atoms with E-state index in [-0.39, 0.29) is 16.9 Å². The molecule has 0 fully saturated rings. The van der Waals surface area contributed by atoms with Gasteiger partial charge in [-0.25, -0.2) is 8.78 Å². The summed E-state index contributed by atoms with van der Waals surface area (Å²) in [7, 11) is 1.42. The van der Waals surface area contributed by atoms with Gasteiger partial charge in [0.15, 0.2) is 0 Å². The maximum atomic E-state index is 13.5. The summed E-state index contributed by atoms with van der Waals surface area (Å²) in [5.41, 5.74) is 5.94. The molecule has 2 rings (SSSR count). The normalized spacial score (nSPS) is 10.2. The Kier molecular flexibility index (Phi) is 3.84. The van der Waals surface area contributed by atoms with Gasteiger partial charge in [0, 0.05) is 6.07 Å². The Morgan fingerprint density at radius 2 is 2.00 bits per heavy atom. The lowest BCUT2D eigenvalue weighted by molar-refractivity contribution is 0.102. The number of hydrogen-bond acceptors (Lipinski definition) is 3. The lowest BCUT2D eigenvalue weighted by atomic mass is 10.1. The number of amides is 1. The summed E-state index contributed by atoms with van der Waals surface area (Å²) in [6, 6.07) is 7.54. The van der Waals surface area contributed by atoms with Gasteiger partial charge in [0.2, 0.25) is 0 Å². The molecule has 1 amide bonds. The highest BCUT2D eigenvalue weighted by molar-refractivity contribution is 6.08. The van der Waals surface area contributed by atoms with Crippen molar-refractivity contribution in [2.45, 2.75) is 0 Å². The van der Waals surface area contributed by atoms with E-state index in [0.29, 0.717) is 11.8 Å². The molecule has 0 unspecified atom stereocenters. The number of methoxy groups -OCH3 is 1. The van der Waals surface area contributed by atoms with E-state index in [9.17, 15) is 13.6 Å². The monoisotopic (exact) mass is 278 g/mol. The zero-order chi connectivity index (χ0) is 14.7. The second-order valence-electron chi connectivity index (χ2n) is 4.00. The number of nitrogen functional groups attached to an aromatic ring is 1. The molecule has 3 N–H and O–H groups in total. The number of rotatable bonds is 3. The molecular formula is C14H12F2N2O2. The predicted molar refractivity (Wildman–Crippen MR) is 71.7 cm³/mol. The van der Waals surface area contributed by atoms with Gasteiger partial charge in [-0.15, -0.1) is 0 Å². The fourth-order valence-electron chi connectivity index (χ4n) is 1.70. The van der Waals surface area contributed by atoms with Gasteiger partial charge in [-0.2, -0.15) is 0 Å². The molecule has 0 aliphatic carbocycles. The first-order valence-electron chi connectivity index (χ1n) is 5.72. The van der Waals surface area contributed by atoms with E-state index >= 15 is 0 Å². The van der Waals surface area contributed by atoms with E-state index in [1.807, 2.05) is 0 Å². The molecular weight excluding hydrogens is 266 g/mol. The van der Waals surface area contributed by atoms with Gasteiger partial charge >= 0.3 is 0 Å². The summed E-state index contributed by atoms with van der Waals surface area (Å²) in [4.78, 5) is 12.0. The molecule has 6 heteroatoms. The molecule has 2 aromatic rings. The first-order valence-corrected chi connectivity index (χ1v) is 5.72. The third-order valence-corrected chi connectivity index (χ3v) is 2.71. The molecule has 0 aliphatic heterocycles. The summed E-state index contributed by atoms with van der Waals surface area (Å²) in [6.45, 7) is 0. The van der Waals surface area contributed by atoms with Crippen LogP contribution in [0, 0.1) is 11.6 Å². The number of para-hydroxylation sites is 1. The Morgan fingerprint density at radius 3 is 2.65 bits per heavy atom. The van der Waals surface area contributed by atoms with Crippen molar-refractivity contribution < 1.29 is 18.3 Å². The van der Waals surface area contributed by atoms with Crippen LogP contribution >= 0.6 is 0 Å². The number of carbonyl (C=O) groups is 1. The van der Waals surface area contributed by atoms with E-state index in [1.54, 1.807) is 12.1 Å². The molecule has 0 spiro atoms. The van der Waals surface area contributed by atoms with Gasteiger partial charge in [-0.05, 0) is 24.3 Å². The number of nitrogens with two attached hydrogens (primary N) is 1. The summed E-state index contributed by atoms with van der Waals surface area (Å²) in [6.07, 6.45) is 0. The number of nitrogens with one attached hydrogen (secondary N) is 1. The Bertz CT molecular complexity index is 660. The quantitative estimate of drug-likeness (QED) is 0.848. The third-order valence-electron chi connectivity index (χ3n) is 2.71. The topological polar surface area (TPSA) is 64.3 Å². The van der Waals surface area contributed by atoms with Gasteiger partial charge in [0.05, 0.1) is 24.0 Å². The van der Waals surface area contributed by atoms with Crippen molar-refractivity contribution in [2.75, 3.05) is 18.2 Å². The van der Waals surface area contributed by atoms with Crippen LogP contribution in [0.5, 0.6) is 5.75 Å². The lowest BCUT2D eigenvalue weighted by Crippen LogP contribution is -2.15. The first-order chi connectivity index (χ1) is 9.52. The highest BCUT2D eigenvalue weighted by Crippen LogP contribution is 2.26. The summed E-state index contributed by atoms with van der Waals surface area (Å²) in [5.74, 6) is -1.84. The van der Waals surface area contributed by atoms with Crippen LogP contribution in [-0.2, 0) is 0 Å². The molecule has 2 aromatic carbocycles. The fourth-order valence-corrected chi connectivity index (χ4v) is 1.70. The van der Waals surface area contributed by atoms with E-state index < -0.39 is 17.5 Å². The molecule has 20 heavy (non-hydrogen) atoms. The second kappa shape index (κ2) is 5.56. The molecule has 0 radical (unpaired) electrons. The highest BCUT2D eigenvalue weighted by Gasteiger charge is 2.15. The predicted octanol–water partition coefficient (Wildman–Crippen LogP) is 2.81. The van der Waals surface area contributed by atoms with E-state index in [1.165, 1.54) is 13.2 Å². The second-order valence-corrected chi connectivity index (χ2v) is 4.00. The number of anilines is 2. The van der Waals surface area contributed by atoms with Gasteiger partial charge in [-0.1, -0.05) is 6.07 Å². The van der Waals surface area contributed by atoms with Gasteiger partial charge in [-0.3, -0.25) is 4.79 Å². The minimum atomic E-state index is -0.861. The van der Waals surface area contributed by atoms with Crippen molar-refractivity contribution in [1.29, 1.82) is 0 Å². The average Bonchev–Trinajstić information content (AvgIpc) is 2.42. The first kappa shape index (κ1) is 13.8. The fraction of sp³-hybridized carbons (Fsp3) is 0.0714. The molecule has 0 aliphatic rings. The molecule has 0 saturated heterocycles. The Hall–Kier alpha value is -2.63. The SMILES string of the molecule is COc1cccc(C(=O)Nc2ccc(F)cc2F)c1N. The van der Waals surface area contributed by atoms with Crippen LogP contribution in [-0.4, -0.2) is 13.0 Å². The number of benzene rings is 2. The van der Waals surface area contributed by atoms with E-state index in [2.05, 4.69) is 5.32 Å². The van der Waals surface area contributed by atoms with Crippen molar-refractivity contribution in [3.05, 3.63) is 53.6 Å². The number of halogens is 2. The van der Waals surface area contributed by atoms with Crippen LogP contribution in [0.4, 0.5) is 20.2 Å². The zero-order valence-corrected chi connectivity index (χ0v) is 10.6. The number of carbonyl (C=O) groups excluding carboxylic acids is 1. The smallest absolute Gasteiger partial charge is 0.257 e. The third kappa shape index (κ3) is 2.69. The maximum absolute atomic E-state index is 13.5. The van der Waals surface area contributed by atoms with Crippen molar-refractivity contribution in [2.24, 2.45) is 0 Å². The van der Waals surface area contributed by atoms with Crippen LogP contribution in [0.15, 0.2) is 36.4 Å². The Balaban J connectivity index is 2.28. The molecule has 104 valence electrons. The molecule has 0 saturated carbocycles. The maximum Gasteiger partial charge on any atom is 0.257 e. The zero-order valence-electron chi connectivity index (χ0n) is 10.6. The summed E-state index contributed by atoms with van der Waals surface area (Å²) < 4.78 is 31.2. The van der Waals surface area contributed by atoms with Crippen molar-refractivity contribution in [3.63, 3.8) is 0 Å².